The molecule has 2 aromatic rings. The Bertz CT molecular complexity index is 854. The molecule has 0 radical (unpaired) electrons. The van der Waals surface area contributed by atoms with Crippen LogP contribution in [0.3, 0.4) is 0 Å². The lowest BCUT2D eigenvalue weighted by Crippen LogP contribution is -2.40. The molecule has 3 rings (SSSR count). The summed E-state index contributed by atoms with van der Waals surface area (Å²) in [6.45, 7) is 2.88. The number of hydrogen-bond donors (Lipinski definition) is 1. The van der Waals surface area contributed by atoms with E-state index in [1.807, 2.05) is 24.3 Å². The minimum atomic E-state index is -2.23. The Labute approximate surface area is 171 Å². The molecule has 0 aromatic heterocycles. The molecule has 1 fully saturated rings. The number of hydrogen-bond acceptors (Lipinski definition) is 5. The number of morpholine rings is 1. The van der Waals surface area contributed by atoms with Crippen molar-refractivity contribution >= 4 is 28.6 Å². The molecule has 1 aliphatic rings. The van der Waals surface area contributed by atoms with Crippen molar-refractivity contribution in [3.05, 3.63) is 69.7 Å². The van der Waals surface area contributed by atoms with Crippen molar-refractivity contribution in [2.75, 3.05) is 26.3 Å². The zero-order valence-electron chi connectivity index (χ0n) is 15.3. The first-order chi connectivity index (χ1) is 13.4. The van der Waals surface area contributed by atoms with Gasteiger partial charge in [0, 0.05) is 35.5 Å². The van der Waals surface area contributed by atoms with Gasteiger partial charge in [0.25, 0.3) is 0 Å². The van der Waals surface area contributed by atoms with E-state index in [1.165, 1.54) is 0 Å². The molecule has 0 spiro atoms. The topological polar surface area (TPSA) is 95.7 Å². The van der Waals surface area contributed by atoms with E-state index in [0.29, 0.717) is 35.8 Å². The van der Waals surface area contributed by atoms with Crippen molar-refractivity contribution in [3.8, 4) is 0 Å². The van der Waals surface area contributed by atoms with Crippen LogP contribution in [0.25, 0.3) is 0 Å². The standard InChI is InChI=1S/C20H23ClN2O4S/c21-17-5-3-15(4-6-17)19(23-7-9-27-10-8-23)12-16-2-1-14(13-28(25)26)11-18(16)20(22)24/h1-6,11,19H,7-10,12-13H2,(H2,22,24)(H,25,26)/p-1. The molecule has 1 aliphatic heterocycles. The van der Waals surface area contributed by atoms with Gasteiger partial charge in [-0.2, -0.15) is 0 Å². The number of carbonyl (C=O) groups is 1. The van der Waals surface area contributed by atoms with Crippen LogP contribution in [-0.4, -0.2) is 45.9 Å². The number of nitrogens with zero attached hydrogens (tertiary/aromatic N) is 1. The monoisotopic (exact) mass is 421 g/mol. The molecule has 0 saturated carbocycles. The van der Waals surface area contributed by atoms with Gasteiger partial charge in [-0.25, -0.2) is 0 Å². The molecular formula is C20H22ClN2O4S-. The van der Waals surface area contributed by atoms with Crippen LogP contribution in [-0.2, 0) is 28.0 Å². The summed E-state index contributed by atoms with van der Waals surface area (Å²) in [6.07, 6.45) is 0.570. The van der Waals surface area contributed by atoms with Crippen LogP contribution in [0.15, 0.2) is 42.5 Å². The first-order valence-corrected chi connectivity index (χ1v) is 10.6. The van der Waals surface area contributed by atoms with Crippen LogP contribution in [0.4, 0.5) is 0 Å². The molecule has 2 unspecified atom stereocenters. The fourth-order valence-corrected chi connectivity index (χ4v) is 4.07. The zero-order valence-corrected chi connectivity index (χ0v) is 16.9. The maximum absolute atomic E-state index is 12.0. The first-order valence-electron chi connectivity index (χ1n) is 8.99. The number of rotatable bonds is 7. The molecule has 8 heteroatoms. The normalized spacial score (nSPS) is 17.2. The molecule has 0 aliphatic carbocycles. The summed E-state index contributed by atoms with van der Waals surface area (Å²) in [5, 5.41) is 0.664. The fraction of sp³-hybridized carbons (Fsp3) is 0.350. The van der Waals surface area contributed by atoms with Gasteiger partial charge < -0.3 is 15.0 Å². The van der Waals surface area contributed by atoms with Crippen molar-refractivity contribution < 1.29 is 18.3 Å². The molecule has 0 bridgehead atoms. The predicted octanol–water partition coefficient (Wildman–Crippen LogP) is 2.43. The Kier molecular flexibility index (Phi) is 7.20. The van der Waals surface area contributed by atoms with Crippen molar-refractivity contribution in [1.82, 2.24) is 4.90 Å². The Morgan fingerprint density at radius 3 is 2.50 bits per heavy atom. The van der Waals surface area contributed by atoms with E-state index in [0.717, 1.165) is 24.2 Å². The highest BCUT2D eigenvalue weighted by Crippen LogP contribution is 2.29. The Morgan fingerprint density at radius 2 is 1.89 bits per heavy atom. The maximum atomic E-state index is 12.0. The van der Waals surface area contributed by atoms with E-state index in [1.54, 1.807) is 18.2 Å². The molecule has 2 aromatic carbocycles. The fourth-order valence-electron chi connectivity index (χ4n) is 3.50. The summed E-state index contributed by atoms with van der Waals surface area (Å²) in [5.41, 5.74) is 8.36. The molecule has 6 nitrogen and oxygen atoms in total. The lowest BCUT2D eigenvalue weighted by atomic mass is 9.93. The number of amides is 1. The maximum Gasteiger partial charge on any atom is 0.248 e. The smallest absolute Gasteiger partial charge is 0.248 e. The van der Waals surface area contributed by atoms with Gasteiger partial charge in [0.2, 0.25) is 5.91 Å². The van der Waals surface area contributed by atoms with Gasteiger partial charge >= 0.3 is 0 Å². The van der Waals surface area contributed by atoms with Crippen LogP contribution in [0.1, 0.15) is 33.1 Å². The highest BCUT2D eigenvalue weighted by atomic mass is 35.5. The molecule has 1 heterocycles. The summed E-state index contributed by atoms with van der Waals surface area (Å²) in [6, 6.07) is 12.8. The Morgan fingerprint density at radius 1 is 1.21 bits per heavy atom. The molecule has 1 saturated heterocycles. The van der Waals surface area contributed by atoms with Crippen molar-refractivity contribution in [1.29, 1.82) is 0 Å². The molecule has 2 atom stereocenters. The second-order valence-electron chi connectivity index (χ2n) is 6.72. The number of ether oxygens (including phenoxy) is 1. The van der Waals surface area contributed by atoms with Gasteiger partial charge in [0.1, 0.15) is 0 Å². The average molecular weight is 422 g/mol. The van der Waals surface area contributed by atoms with E-state index in [9.17, 15) is 13.6 Å². The van der Waals surface area contributed by atoms with E-state index in [4.69, 9.17) is 22.1 Å². The molecule has 2 N–H and O–H groups in total. The minimum absolute atomic E-state index is 0.0266. The van der Waals surface area contributed by atoms with Gasteiger partial charge in [-0.15, -0.1) is 0 Å². The predicted molar refractivity (Wildman–Crippen MR) is 108 cm³/mol. The van der Waals surface area contributed by atoms with Crippen molar-refractivity contribution in [2.45, 2.75) is 18.2 Å². The highest BCUT2D eigenvalue weighted by Gasteiger charge is 2.24. The average Bonchev–Trinajstić information content (AvgIpc) is 2.68. The lowest BCUT2D eigenvalue weighted by molar-refractivity contribution is 0.0160. The number of nitrogens with two attached hydrogens (primary N) is 1. The van der Waals surface area contributed by atoms with Crippen molar-refractivity contribution in [3.63, 3.8) is 0 Å². The second-order valence-corrected chi connectivity index (χ2v) is 8.06. The van der Waals surface area contributed by atoms with Crippen LogP contribution in [0.2, 0.25) is 5.02 Å². The van der Waals surface area contributed by atoms with Gasteiger partial charge in [0.15, 0.2) is 0 Å². The SMILES string of the molecule is NC(=O)c1cc(CS(=O)[O-])ccc1CC(c1ccc(Cl)cc1)N1CCOCC1. The summed E-state index contributed by atoms with van der Waals surface area (Å²) >= 11 is 3.81. The Balaban J connectivity index is 1.94. The van der Waals surface area contributed by atoms with Crippen LogP contribution < -0.4 is 5.73 Å². The number of primary amides is 1. The lowest BCUT2D eigenvalue weighted by Gasteiger charge is -2.35. The second kappa shape index (κ2) is 9.62. The van der Waals surface area contributed by atoms with Gasteiger partial charge in [-0.1, -0.05) is 46.9 Å². The molecule has 28 heavy (non-hydrogen) atoms. The van der Waals surface area contributed by atoms with E-state index in [-0.39, 0.29) is 11.8 Å². The third-order valence-corrected chi connectivity index (χ3v) is 5.70. The summed E-state index contributed by atoms with van der Waals surface area (Å²) in [4.78, 5) is 14.3. The number of halogens is 1. The number of carbonyl (C=O) groups excluding carboxylic acids is 1. The molecular weight excluding hydrogens is 400 g/mol. The van der Waals surface area contributed by atoms with Crippen LogP contribution >= 0.6 is 11.6 Å². The van der Waals surface area contributed by atoms with Crippen LogP contribution in [0, 0.1) is 0 Å². The largest absolute Gasteiger partial charge is 0.772 e. The first kappa shape index (κ1) is 21.0. The van der Waals surface area contributed by atoms with Gasteiger partial charge in [0.05, 0.1) is 13.2 Å². The van der Waals surface area contributed by atoms with Crippen molar-refractivity contribution in [2.24, 2.45) is 5.73 Å². The third-order valence-electron chi connectivity index (χ3n) is 4.88. The summed E-state index contributed by atoms with van der Waals surface area (Å²) in [7, 11) is 0. The Hall–Kier alpha value is -1.77. The molecule has 1 amide bonds. The van der Waals surface area contributed by atoms with Gasteiger partial charge in [-0.05, 0) is 41.3 Å². The van der Waals surface area contributed by atoms with E-state index < -0.39 is 17.0 Å². The van der Waals surface area contributed by atoms with E-state index >= 15 is 0 Å². The highest BCUT2D eigenvalue weighted by molar-refractivity contribution is 7.78. The quantitative estimate of drug-likeness (QED) is 0.692. The zero-order chi connectivity index (χ0) is 20.1. The minimum Gasteiger partial charge on any atom is -0.772 e. The summed E-state index contributed by atoms with van der Waals surface area (Å²) in [5.74, 6) is -0.713. The van der Waals surface area contributed by atoms with Crippen LogP contribution in [0.5, 0.6) is 0 Å². The third kappa shape index (κ3) is 5.40. The van der Waals surface area contributed by atoms with E-state index in [2.05, 4.69) is 4.90 Å². The van der Waals surface area contributed by atoms with Gasteiger partial charge in [-0.3, -0.25) is 13.9 Å². The molecule has 150 valence electrons. The number of benzene rings is 2. The summed E-state index contributed by atoms with van der Waals surface area (Å²) < 4.78 is 27.4.